The SMILES string of the molecule is COc1ccc(NC(=O)CN2CCC(C)C(O)C2)c(N)c1. The Morgan fingerprint density at radius 2 is 2.33 bits per heavy atom. The van der Waals surface area contributed by atoms with Gasteiger partial charge in [-0.05, 0) is 31.0 Å². The van der Waals surface area contributed by atoms with Crippen LogP contribution in [0.15, 0.2) is 18.2 Å². The van der Waals surface area contributed by atoms with Gasteiger partial charge >= 0.3 is 0 Å². The lowest BCUT2D eigenvalue weighted by atomic mass is 9.96. The number of piperidine rings is 1. The minimum absolute atomic E-state index is 0.131. The predicted molar refractivity (Wildman–Crippen MR) is 82.3 cm³/mol. The molecule has 6 nitrogen and oxygen atoms in total. The molecular weight excluding hydrogens is 270 g/mol. The van der Waals surface area contributed by atoms with Gasteiger partial charge in [-0.25, -0.2) is 0 Å². The lowest BCUT2D eigenvalue weighted by Crippen LogP contribution is -2.45. The summed E-state index contributed by atoms with van der Waals surface area (Å²) in [5, 5.41) is 12.6. The molecule has 1 aliphatic rings. The van der Waals surface area contributed by atoms with Gasteiger partial charge in [-0.15, -0.1) is 0 Å². The van der Waals surface area contributed by atoms with Crippen LogP contribution in [-0.4, -0.2) is 48.8 Å². The van der Waals surface area contributed by atoms with Gasteiger partial charge in [0.2, 0.25) is 5.91 Å². The molecule has 0 spiro atoms. The van der Waals surface area contributed by atoms with E-state index in [0.717, 1.165) is 13.0 Å². The Morgan fingerprint density at radius 3 is 2.95 bits per heavy atom. The van der Waals surface area contributed by atoms with Crippen molar-refractivity contribution in [1.82, 2.24) is 4.90 Å². The zero-order chi connectivity index (χ0) is 15.4. The number of hydrogen-bond acceptors (Lipinski definition) is 5. The van der Waals surface area contributed by atoms with E-state index in [1.165, 1.54) is 0 Å². The van der Waals surface area contributed by atoms with Crippen LogP contribution in [0.5, 0.6) is 5.75 Å². The van der Waals surface area contributed by atoms with Crippen LogP contribution in [-0.2, 0) is 4.79 Å². The molecule has 6 heteroatoms. The van der Waals surface area contributed by atoms with Crippen LogP contribution in [0, 0.1) is 5.92 Å². The van der Waals surface area contributed by atoms with E-state index in [9.17, 15) is 9.90 Å². The molecule has 1 heterocycles. The average Bonchev–Trinajstić information content (AvgIpc) is 2.45. The second-order valence-electron chi connectivity index (χ2n) is 5.57. The number of β-amino-alcohol motifs (C(OH)–C–C–N with tert-alkyl or cyclic N) is 1. The fraction of sp³-hybridized carbons (Fsp3) is 0.533. The van der Waals surface area contributed by atoms with Crippen molar-refractivity contribution in [3.63, 3.8) is 0 Å². The summed E-state index contributed by atoms with van der Waals surface area (Å²) in [6, 6.07) is 5.14. The second kappa shape index (κ2) is 6.78. The zero-order valence-corrected chi connectivity index (χ0v) is 12.5. The van der Waals surface area contributed by atoms with E-state index in [1.807, 2.05) is 11.8 Å². The van der Waals surface area contributed by atoms with Gasteiger partial charge < -0.3 is 20.9 Å². The highest BCUT2D eigenvalue weighted by atomic mass is 16.5. The maximum atomic E-state index is 12.1. The molecule has 2 unspecified atom stereocenters. The Hall–Kier alpha value is -1.79. The number of carbonyl (C=O) groups is 1. The summed E-state index contributed by atoms with van der Waals surface area (Å²) >= 11 is 0. The molecule has 0 aliphatic carbocycles. The molecule has 1 saturated heterocycles. The summed E-state index contributed by atoms with van der Waals surface area (Å²) < 4.78 is 5.07. The van der Waals surface area contributed by atoms with E-state index in [-0.39, 0.29) is 18.6 Å². The van der Waals surface area contributed by atoms with E-state index >= 15 is 0 Å². The summed E-state index contributed by atoms with van der Waals surface area (Å²) in [4.78, 5) is 14.0. The molecule has 1 aromatic rings. The number of anilines is 2. The first-order valence-electron chi connectivity index (χ1n) is 7.13. The van der Waals surface area contributed by atoms with E-state index in [1.54, 1.807) is 25.3 Å². The number of ether oxygens (including phenoxy) is 1. The Balaban J connectivity index is 1.90. The molecule has 0 radical (unpaired) electrons. The number of likely N-dealkylation sites (tertiary alicyclic amines) is 1. The van der Waals surface area contributed by atoms with Crippen molar-refractivity contribution in [2.45, 2.75) is 19.4 Å². The van der Waals surface area contributed by atoms with Crippen molar-refractivity contribution >= 4 is 17.3 Å². The molecule has 1 amide bonds. The maximum Gasteiger partial charge on any atom is 0.238 e. The molecule has 2 rings (SSSR count). The highest BCUT2D eigenvalue weighted by Gasteiger charge is 2.25. The number of nitrogens with one attached hydrogen (secondary N) is 1. The van der Waals surface area contributed by atoms with E-state index in [0.29, 0.717) is 29.6 Å². The molecule has 2 atom stereocenters. The fourth-order valence-electron chi connectivity index (χ4n) is 2.43. The lowest BCUT2D eigenvalue weighted by molar-refractivity contribution is -0.118. The maximum absolute atomic E-state index is 12.1. The Kier molecular flexibility index (Phi) is 5.03. The van der Waals surface area contributed by atoms with Crippen LogP contribution in [0.25, 0.3) is 0 Å². The largest absolute Gasteiger partial charge is 0.497 e. The summed E-state index contributed by atoms with van der Waals surface area (Å²) in [7, 11) is 1.57. The molecule has 1 fully saturated rings. The van der Waals surface area contributed by atoms with Crippen molar-refractivity contribution in [2.24, 2.45) is 5.92 Å². The van der Waals surface area contributed by atoms with Crippen LogP contribution in [0.2, 0.25) is 0 Å². The predicted octanol–water partition coefficient (Wildman–Crippen LogP) is 0.919. The molecule has 0 saturated carbocycles. The first-order valence-corrected chi connectivity index (χ1v) is 7.13. The molecule has 1 aromatic carbocycles. The zero-order valence-electron chi connectivity index (χ0n) is 12.5. The van der Waals surface area contributed by atoms with Gasteiger partial charge in [0.05, 0.1) is 31.1 Å². The third kappa shape index (κ3) is 4.09. The highest BCUT2D eigenvalue weighted by molar-refractivity contribution is 5.95. The molecule has 116 valence electrons. The van der Waals surface area contributed by atoms with Gasteiger partial charge in [-0.1, -0.05) is 6.92 Å². The number of nitrogens with two attached hydrogens (primary N) is 1. The third-order valence-electron chi connectivity index (χ3n) is 3.90. The molecule has 4 N–H and O–H groups in total. The molecular formula is C15H23N3O3. The van der Waals surface area contributed by atoms with Gasteiger partial charge in [-0.3, -0.25) is 9.69 Å². The van der Waals surface area contributed by atoms with Crippen LogP contribution in [0.1, 0.15) is 13.3 Å². The highest BCUT2D eigenvalue weighted by Crippen LogP contribution is 2.24. The minimum Gasteiger partial charge on any atom is -0.497 e. The summed E-state index contributed by atoms with van der Waals surface area (Å²) in [6.45, 7) is 3.64. The first kappa shape index (κ1) is 15.6. The third-order valence-corrected chi connectivity index (χ3v) is 3.90. The van der Waals surface area contributed by atoms with Crippen LogP contribution < -0.4 is 15.8 Å². The summed E-state index contributed by atoms with van der Waals surface area (Å²) in [5.74, 6) is 0.814. The van der Waals surface area contributed by atoms with Gasteiger partial charge in [0, 0.05) is 12.6 Å². The van der Waals surface area contributed by atoms with E-state index in [4.69, 9.17) is 10.5 Å². The van der Waals surface area contributed by atoms with E-state index in [2.05, 4.69) is 5.32 Å². The van der Waals surface area contributed by atoms with Crippen molar-refractivity contribution in [2.75, 3.05) is 37.8 Å². The summed E-state index contributed by atoms with van der Waals surface area (Å²) in [5.41, 5.74) is 6.91. The summed E-state index contributed by atoms with van der Waals surface area (Å²) in [6.07, 6.45) is 0.539. The topological polar surface area (TPSA) is 87.8 Å². The number of aliphatic hydroxyl groups is 1. The molecule has 0 bridgehead atoms. The van der Waals surface area contributed by atoms with Gasteiger partial charge in [0.1, 0.15) is 5.75 Å². The Labute approximate surface area is 124 Å². The number of nitrogen functional groups attached to an aromatic ring is 1. The average molecular weight is 293 g/mol. The number of carbonyl (C=O) groups excluding carboxylic acids is 1. The minimum atomic E-state index is -0.363. The molecule has 21 heavy (non-hydrogen) atoms. The number of methoxy groups -OCH3 is 1. The number of aliphatic hydroxyl groups excluding tert-OH is 1. The fourth-order valence-corrected chi connectivity index (χ4v) is 2.43. The van der Waals surface area contributed by atoms with Gasteiger partial charge in [-0.2, -0.15) is 0 Å². The van der Waals surface area contributed by atoms with Crippen LogP contribution in [0.4, 0.5) is 11.4 Å². The van der Waals surface area contributed by atoms with Crippen molar-refractivity contribution < 1.29 is 14.6 Å². The van der Waals surface area contributed by atoms with Crippen molar-refractivity contribution in [1.29, 1.82) is 0 Å². The normalized spacial score (nSPS) is 22.8. The second-order valence-corrected chi connectivity index (χ2v) is 5.57. The van der Waals surface area contributed by atoms with Gasteiger partial charge in [0.15, 0.2) is 0 Å². The molecule has 0 aromatic heterocycles. The van der Waals surface area contributed by atoms with Crippen LogP contribution in [0.3, 0.4) is 0 Å². The van der Waals surface area contributed by atoms with Crippen LogP contribution >= 0.6 is 0 Å². The Morgan fingerprint density at radius 1 is 1.57 bits per heavy atom. The number of hydrogen-bond donors (Lipinski definition) is 3. The standard InChI is InChI=1S/C15H23N3O3/c1-10-5-6-18(8-14(10)19)9-15(20)17-13-4-3-11(21-2)7-12(13)16/h3-4,7,10,14,19H,5-6,8-9,16H2,1-2H3,(H,17,20). The van der Waals surface area contributed by atoms with Crippen molar-refractivity contribution in [3.8, 4) is 5.75 Å². The first-order chi connectivity index (χ1) is 9.99. The number of amides is 1. The monoisotopic (exact) mass is 293 g/mol. The number of rotatable bonds is 4. The quantitative estimate of drug-likeness (QED) is 0.718. The lowest BCUT2D eigenvalue weighted by Gasteiger charge is -2.33. The smallest absolute Gasteiger partial charge is 0.238 e. The number of nitrogens with zero attached hydrogens (tertiary/aromatic N) is 1. The number of benzene rings is 1. The van der Waals surface area contributed by atoms with Crippen molar-refractivity contribution in [3.05, 3.63) is 18.2 Å². The van der Waals surface area contributed by atoms with E-state index < -0.39 is 0 Å². The molecule has 1 aliphatic heterocycles. The van der Waals surface area contributed by atoms with Gasteiger partial charge in [0.25, 0.3) is 0 Å². The Bertz CT molecular complexity index is 507.